The van der Waals surface area contributed by atoms with Crippen LogP contribution in [0.3, 0.4) is 0 Å². The molecule has 3 atom stereocenters. The summed E-state index contributed by atoms with van der Waals surface area (Å²) in [7, 11) is 3.69. The minimum Gasteiger partial charge on any atom is -0.496 e. The molecule has 3 nitrogen and oxygen atoms in total. The van der Waals surface area contributed by atoms with Crippen molar-refractivity contribution in [2.45, 2.75) is 25.5 Å². The lowest BCUT2D eigenvalue weighted by atomic mass is 9.88. The van der Waals surface area contributed by atoms with Gasteiger partial charge in [-0.3, -0.25) is 0 Å². The number of hydrogen-bond donors (Lipinski definition) is 1. The third-order valence-corrected chi connectivity index (χ3v) is 4.33. The molecule has 1 N–H and O–H groups in total. The Morgan fingerprint density at radius 3 is 2.78 bits per heavy atom. The van der Waals surface area contributed by atoms with Gasteiger partial charge in [0, 0.05) is 18.6 Å². The van der Waals surface area contributed by atoms with E-state index >= 15 is 0 Å². The van der Waals surface area contributed by atoms with Gasteiger partial charge in [-0.25, -0.2) is 0 Å². The maximum absolute atomic E-state index is 5.67. The Kier molecular flexibility index (Phi) is 4.65. The first kappa shape index (κ1) is 13.8. The van der Waals surface area contributed by atoms with Crippen LogP contribution in [0, 0.1) is 5.92 Å². The van der Waals surface area contributed by atoms with E-state index in [0.29, 0.717) is 18.1 Å². The van der Waals surface area contributed by atoms with E-state index in [1.165, 1.54) is 5.56 Å². The van der Waals surface area contributed by atoms with Gasteiger partial charge < -0.3 is 14.8 Å². The van der Waals surface area contributed by atoms with E-state index in [1.54, 1.807) is 7.11 Å². The van der Waals surface area contributed by atoms with Gasteiger partial charge in [-0.05, 0) is 54.0 Å². The first-order chi connectivity index (χ1) is 8.67. The highest BCUT2D eigenvalue weighted by Gasteiger charge is 2.32. The van der Waals surface area contributed by atoms with Crippen molar-refractivity contribution >= 4 is 15.9 Å². The van der Waals surface area contributed by atoms with Crippen molar-refractivity contribution in [1.29, 1.82) is 0 Å². The minimum absolute atomic E-state index is 0.309. The Bertz CT molecular complexity index is 411. The molecule has 0 spiro atoms. The van der Waals surface area contributed by atoms with Gasteiger partial charge in [-0.1, -0.05) is 6.07 Å². The van der Waals surface area contributed by atoms with E-state index in [-0.39, 0.29) is 0 Å². The Morgan fingerprint density at radius 2 is 2.28 bits per heavy atom. The Morgan fingerprint density at radius 1 is 1.50 bits per heavy atom. The summed E-state index contributed by atoms with van der Waals surface area (Å²) >= 11 is 3.54. The molecule has 1 fully saturated rings. The molecule has 0 aromatic heterocycles. The van der Waals surface area contributed by atoms with Crippen molar-refractivity contribution < 1.29 is 9.47 Å². The largest absolute Gasteiger partial charge is 0.496 e. The van der Waals surface area contributed by atoms with Crippen molar-refractivity contribution in [2.75, 3.05) is 20.8 Å². The summed E-state index contributed by atoms with van der Waals surface area (Å²) in [6.45, 7) is 3.02. The van der Waals surface area contributed by atoms with E-state index in [0.717, 1.165) is 23.2 Å². The molecule has 0 saturated carbocycles. The zero-order valence-corrected chi connectivity index (χ0v) is 12.7. The Labute approximate surface area is 117 Å². The number of hydrogen-bond acceptors (Lipinski definition) is 3. The number of halogens is 1. The summed E-state index contributed by atoms with van der Waals surface area (Å²) in [5, 5.41) is 3.41. The van der Waals surface area contributed by atoms with Crippen molar-refractivity contribution in [1.82, 2.24) is 5.32 Å². The van der Waals surface area contributed by atoms with Crippen LogP contribution in [0.1, 0.15) is 24.9 Å². The lowest BCUT2D eigenvalue weighted by molar-refractivity contribution is 0.0963. The van der Waals surface area contributed by atoms with Gasteiger partial charge in [0.2, 0.25) is 0 Å². The van der Waals surface area contributed by atoms with Crippen LogP contribution in [-0.2, 0) is 4.74 Å². The summed E-state index contributed by atoms with van der Waals surface area (Å²) in [6, 6.07) is 6.58. The average Bonchev–Trinajstić information content (AvgIpc) is 2.77. The van der Waals surface area contributed by atoms with Crippen LogP contribution in [0.5, 0.6) is 5.75 Å². The van der Waals surface area contributed by atoms with Gasteiger partial charge in [0.05, 0.1) is 17.7 Å². The predicted molar refractivity (Wildman–Crippen MR) is 76.0 cm³/mol. The fourth-order valence-corrected chi connectivity index (χ4v) is 3.25. The molecular formula is C14H20BrNO2. The molecule has 4 heteroatoms. The lowest BCUT2D eigenvalue weighted by Crippen LogP contribution is -2.29. The first-order valence-electron chi connectivity index (χ1n) is 6.29. The Balaban J connectivity index is 2.24. The van der Waals surface area contributed by atoms with Crippen molar-refractivity contribution in [3.8, 4) is 5.75 Å². The van der Waals surface area contributed by atoms with E-state index in [2.05, 4.69) is 40.3 Å². The molecular weight excluding hydrogens is 294 g/mol. The second-order valence-corrected chi connectivity index (χ2v) is 5.54. The van der Waals surface area contributed by atoms with Crippen LogP contribution in [0.2, 0.25) is 0 Å². The highest BCUT2D eigenvalue weighted by Crippen LogP contribution is 2.35. The van der Waals surface area contributed by atoms with Crippen molar-refractivity contribution in [3.05, 3.63) is 28.2 Å². The normalized spacial score (nSPS) is 25.1. The third-order valence-electron chi connectivity index (χ3n) is 3.71. The van der Waals surface area contributed by atoms with Crippen LogP contribution in [0.15, 0.2) is 22.7 Å². The maximum atomic E-state index is 5.67. The summed E-state index contributed by atoms with van der Waals surface area (Å²) in [5.41, 5.74) is 1.27. The smallest absolute Gasteiger partial charge is 0.133 e. The van der Waals surface area contributed by atoms with E-state index in [4.69, 9.17) is 9.47 Å². The van der Waals surface area contributed by atoms with Crippen molar-refractivity contribution in [3.63, 3.8) is 0 Å². The summed E-state index contributed by atoms with van der Waals surface area (Å²) in [6.07, 6.45) is 1.42. The molecule has 0 aliphatic carbocycles. The van der Waals surface area contributed by atoms with Gasteiger partial charge in [0.15, 0.2) is 0 Å². The van der Waals surface area contributed by atoms with E-state index in [9.17, 15) is 0 Å². The van der Waals surface area contributed by atoms with Crippen LogP contribution >= 0.6 is 15.9 Å². The standard InChI is InChI=1S/C14H20BrNO2/c1-9-11(6-7-18-9)14(16-2)10-4-5-13(17-3)12(15)8-10/h4-5,8-9,11,14,16H,6-7H2,1-3H3. The fourth-order valence-electron chi connectivity index (χ4n) is 2.69. The molecule has 0 amide bonds. The van der Waals surface area contributed by atoms with Gasteiger partial charge in [0.25, 0.3) is 0 Å². The van der Waals surface area contributed by atoms with Gasteiger partial charge in [-0.2, -0.15) is 0 Å². The Hall–Kier alpha value is -0.580. The van der Waals surface area contributed by atoms with Crippen LogP contribution < -0.4 is 10.1 Å². The highest BCUT2D eigenvalue weighted by atomic mass is 79.9. The third kappa shape index (κ3) is 2.71. The molecule has 0 bridgehead atoms. The summed E-state index contributed by atoms with van der Waals surface area (Å²) in [5.74, 6) is 1.39. The molecule has 1 saturated heterocycles. The van der Waals surface area contributed by atoms with Crippen LogP contribution in [0.4, 0.5) is 0 Å². The molecule has 3 unspecified atom stereocenters. The molecule has 1 aromatic rings. The molecule has 100 valence electrons. The van der Waals surface area contributed by atoms with Crippen molar-refractivity contribution in [2.24, 2.45) is 5.92 Å². The van der Waals surface area contributed by atoms with Gasteiger partial charge in [0.1, 0.15) is 5.75 Å². The average molecular weight is 314 g/mol. The topological polar surface area (TPSA) is 30.5 Å². The summed E-state index contributed by atoms with van der Waals surface area (Å²) < 4.78 is 11.9. The number of nitrogens with one attached hydrogen (secondary N) is 1. The van der Waals surface area contributed by atoms with Crippen LogP contribution in [-0.4, -0.2) is 26.9 Å². The molecule has 1 heterocycles. The number of benzene rings is 1. The summed E-state index contributed by atoms with van der Waals surface area (Å²) in [4.78, 5) is 0. The SMILES string of the molecule is CNC(c1ccc(OC)c(Br)c1)C1CCOC1C. The second-order valence-electron chi connectivity index (χ2n) is 4.69. The second kappa shape index (κ2) is 6.04. The zero-order chi connectivity index (χ0) is 13.1. The van der Waals surface area contributed by atoms with E-state index < -0.39 is 0 Å². The first-order valence-corrected chi connectivity index (χ1v) is 7.09. The molecule has 0 radical (unpaired) electrons. The van der Waals surface area contributed by atoms with Gasteiger partial charge in [-0.15, -0.1) is 0 Å². The quantitative estimate of drug-likeness (QED) is 0.926. The number of methoxy groups -OCH3 is 1. The zero-order valence-electron chi connectivity index (χ0n) is 11.1. The molecule has 18 heavy (non-hydrogen) atoms. The number of rotatable bonds is 4. The minimum atomic E-state index is 0.309. The highest BCUT2D eigenvalue weighted by molar-refractivity contribution is 9.10. The molecule has 1 aliphatic heterocycles. The molecule has 2 rings (SSSR count). The van der Waals surface area contributed by atoms with E-state index in [1.807, 2.05) is 13.1 Å². The van der Waals surface area contributed by atoms with Crippen LogP contribution in [0.25, 0.3) is 0 Å². The predicted octanol–water partition coefficient (Wildman–Crippen LogP) is 3.14. The number of ether oxygens (including phenoxy) is 2. The maximum Gasteiger partial charge on any atom is 0.133 e. The monoisotopic (exact) mass is 313 g/mol. The fraction of sp³-hybridized carbons (Fsp3) is 0.571. The molecule has 1 aromatic carbocycles. The molecule has 1 aliphatic rings. The lowest BCUT2D eigenvalue weighted by Gasteiger charge is -2.26. The van der Waals surface area contributed by atoms with Gasteiger partial charge >= 0.3 is 0 Å².